The van der Waals surface area contributed by atoms with Crippen molar-refractivity contribution in [2.45, 2.75) is 32.7 Å². The normalized spacial score (nSPS) is 15.1. The lowest BCUT2D eigenvalue weighted by molar-refractivity contribution is 0.434. The lowest BCUT2D eigenvalue weighted by Gasteiger charge is -2.31. The van der Waals surface area contributed by atoms with Gasteiger partial charge in [0.1, 0.15) is 11.6 Å². The topological polar surface area (TPSA) is 62.3 Å². The van der Waals surface area contributed by atoms with Crippen LogP contribution in [0.5, 0.6) is 11.6 Å². The number of aromatic nitrogens is 2. The highest BCUT2D eigenvalue weighted by atomic mass is 32.1. The Hall–Kier alpha value is -3.19. The first-order chi connectivity index (χ1) is 15.6. The molecular formula is C25H29N5OS. The minimum absolute atomic E-state index is 0.0583. The summed E-state index contributed by atoms with van der Waals surface area (Å²) in [6.45, 7) is 6.30. The number of nitrogens with one attached hydrogen (secondary N) is 2. The summed E-state index contributed by atoms with van der Waals surface area (Å²) in [6, 6.07) is 21.8. The number of hydrogen-bond acceptors (Lipinski definition) is 5. The number of para-hydroxylation sites is 1. The average Bonchev–Trinajstić information content (AvgIpc) is 2.80. The summed E-state index contributed by atoms with van der Waals surface area (Å²) < 4.78 is 6.02. The molecule has 0 radical (unpaired) electrons. The fraction of sp³-hybridized carbons (Fsp3) is 0.320. The van der Waals surface area contributed by atoms with Gasteiger partial charge in [-0.3, -0.25) is 0 Å². The van der Waals surface area contributed by atoms with E-state index in [-0.39, 0.29) is 6.04 Å². The second-order valence-corrected chi connectivity index (χ2v) is 8.61. The van der Waals surface area contributed by atoms with E-state index in [1.54, 1.807) is 0 Å². The predicted octanol–water partition coefficient (Wildman–Crippen LogP) is 5.55. The Morgan fingerprint density at radius 2 is 1.69 bits per heavy atom. The highest BCUT2D eigenvalue weighted by Crippen LogP contribution is 2.27. The lowest BCUT2D eigenvalue weighted by Crippen LogP contribution is -2.34. The third kappa shape index (κ3) is 5.95. The summed E-state index contributed by atoms with van der Waals surface area (Å²) in [5, 5.41) is 6.92. The van der Waals surface area contributed by atoms with Crippen LogP contribution in [0.3, 0.4) is 0 Å². The molecular weight excluding hydrogens is 418 g/mol. The van der Waals surface area contributed by atoms with Crippen LogP contribution in [-0.4, -0.2) is 28.2 Å². The molecule has 6 nitrogen and oxygen atoms in total. The summed E-state index contributed by atoms with van der Waals surface area (Å²) in [7, 11) is 0. The molecule has 1 aliphatic heterocycles. The molecule has 1 saturated heterocycles. The fourth-order valence-electron chi connectivity index (χ4n) is 3.69. The molecule has 2 N–H and O–H groups in total. The van der Waals surface area contributed by atoms with Crippen LogP contribution in [-0.2, 0) is 0 Å². The SMILES string of the molecule is CC1CCN(c2cc(Oc3ccccc3)nc(NC(=S)N[C@H](C)c3ccccc3)n2)CC1. The van der Waals surface area contributed by atoms with Crippen molar-refractivity contribution >= 4 is 29.1 Å². The van der Waals surface area contributed by atoms with Gasteiger partial charge in [-0.2, -0.15) is 9.97 Å². The molecule has 32 heavy (non-hydrogen) atoms. The largest absolute Gasteiger partial charge is 0.439 e. The average molecular weight is 448 g/mol. The molecule has 2 heterocycles. The molecule has 1 atom stereocenters. The maximum Gasteiger partial charge on any atom is 0.234 e. The van der Waals surface area contributed by atoms with E-state index < -0.39 is 0 Å². The molecule has 0 unspecified atom stereocenters. The minimum Gasteiger partial charge on any atom is -0.439 e. The molecule has 0 amide bonds. The molecule has 7 heteroatoms. The quantitative estimate of drug-likeness (QED) is 0.480. The van der Waals surface area contributed by atoms with Gasteiger partial charge < -0.3 is 20.3 Å². The van der Waals surface area contributed by atoms with Crippen molar-refractivity contribution in [1.29, 1.82) is 0 Å². The summed E-state index contributed by atoms with van der Waals surface area (Å²) in [6.07, 6.45) is 2.30. The molecule has 3 aromatic rings. The second kappa shape index (κ2) is 10.4. The van der Waals surface area contributed by atoms with Gasteiger partial charge in [0.05, 0.1) is 6.04 Å². The lowest BCUT2D eigenvalue weighted by atomic mass is 9.99. The first-order valence-corrected chi connectivity index (χ1v) is 11.5. The number of anilines is 2. The van der Waals surface area contributed by atoms with Gasteiger partial charge in [-0.15, -0.1) is 0 Å². The summed E-state index contributed by atoms with van der Waals surface area (Å²) >= 11 is 5.54. The number of rotatable bonds is 6. The minimum atomic E-state index is 0.0583. The van der Waals surface area contributed by atoms with Crippen molar-refractivity contribution in [3.63, 3.8) is 0 Å². The van der Waals surface area contributed by atoms with Gasteiger partial charge in [0.2, 0.25) is 11.8 Å². The maximum atomic E-state index is 6.02. The van der Waals surface area contributed by atoms with Gasteiger partial charge in [0.15, 0.2) is 5.11 Å². The number of benzene rings is 2. The number of piperidine rings is 1. The van der Waals surface area contributed by atoms with E-state index in [2.05, 4.69) is 46.5 Å². The summed E-state index contributed by atoms with van der Waals surface area (Å²) in [5.74, 6) is 3.22. The van der Waals surface area contributed by atoms with Crippen LogP contribution in [0.25, 0.3) is 0 Å². The molecule has 1 aromatic heterocycles. The number of hydrogen-bond donors (Lipinski definition) is 2. The van der Waals surface area contributed by atoms with Gasteiger partial charge in [0, 0.05) is 19.2 Å². The van der Waals surface area contributed by atoms with Gasteiger partial charge in [-0.05, 0) is 55.6 Å². The summed E-state index contributed by atoms with van der Waals surface area (Å²) in [4.78, 5) is 11.6. The highest BCUT2D eigenvalue weighted by molar-refractivity contribution is 7.80. The molecule has 2 aromatic carbocycles. The first-order valence-electron chi connectivity index (χ1n) is 11.1. The Morgan fingerprint density at radius 3 is 2.38 bits per heavy atom. The molecule has 0 bridgehead atoms. The highest BCUT2D eigenvalue weighted by Gasteiger charge is 2.19. The van der Waals surface area contributed by atoms with Crippen molar-refractivity contribution in [2.75, 3.05) is 23.3 Å². The Bertz CT molecular complexity index is 1020. The van der Waals surface area contributed by atoms with E-state index in [0.717, 1.165) is 49.0 Å². The van der Waals surface area contributed by atoms with Crippen molar-refractivity contribution in [1.82, 2.24) is 15.3 Å². The molecule has 1 fully saturated rings. The maximum absolute atomic E-state index is 6.02. The molecule has 4 rings (SSSR count). The zero-order valence-electron chi connectivity index (χ0n) is 18.5. The van der Waals surface area contributed by atoms with Crippen molar-refractivity contribution in [3.8, 4) is 11.6 Å². The standard InChI is InChI=1S/C25H29N5OS/c1-18-13-15-30(16-14-18)22-17-23(31-21-11-7-4-8-12-21)28-24(27-22)29-25(32)26-19(2)20-9-5-3-6-10-20/h3-12,17-19H,13-16H2,1-2H3,(H2,26,27,28,29,32)/t19-/m1/s1. The van der Waals surface area contributed by atoms with E-state index >= 15 is 0 Å². The smallest absolute Gasteiger partial charge is 0.234 e. The van der Waals surface area contributed by atoms with E-state index in [9.17, 15) is 0 Å². The van der Waals surface area contributed by atoms with Gasteiger partial charge in [-0.1, -0.05) is 55.5 Å². The van der Waals surface area contributed by atoms with Crippen LogP contribution in [0.4, 0.5) is 11.8 Å². The van der Waals surface area contributed by atoms with Gasteiger partial charge in [-0.25, -0.2) is 0 Å². The Kier molecular flexibility index (Phi) is 7.17. The van der Waals surface area contributed by atoms with Crippen LogP contribution < -0.4 is 20.3 Å². The molecule has 0 spiro atoms. The van der Waals surface area contributed by atoms with E-state index in [1.165, 1.54) is 0 Å². The number of thiocarbonyl (C=S) groups is 1. The van der Waals surface area contributed by atoms with Crippen LogP contribution in [0.1, 0.15) is 38.3 Å². The van der Waals surface area contributed by atoms with Gasteiger partial charge >= 0.3 is 0 Å². The Morgan fingerprint density at radius 1 is 1.03 bits per heavy atom. The van der Waals surface area contributed by atoms with Crippen LogP contribution in [0, 0.1) is 5.92 Å². The first kappa shape index (κ1) is 22.0. The zero-order chi connectivity index (χ0) is 22.3. The predicted molar refractivity (Wildman–Crippen MR) is 133 cm³/mol. The van der Waals surface area contributed by atoms with E-state index in [1.807, 2.05) is 54.6 Å². The molecule has 0 aliphatic carbocycles. The van der Waals surface area contributed by atoms with Crippen molar-refractivity contribution in [3.05, 3.63) is 72.3 Å². The molecule has 1 aliphatic rings. The Labute approximate surface area is 195 Å². The summed E-state index contributed by atoms with van der Waals surface area (Å²) in [5.41, 5.74) is 1.15. The molecule has 166 valence electrons. The van der Waals surface area contributed by atoms with Crippen molar-refractivity contribution < 1.29 is 4.74 Å². The zero-order valence-corrected chi connectivity index (χ0v) is 19.3. The molecule has 0 saturated carbocycles. The number of ether oxygens (including phenoxy) is 1. The third-order valence-electron chi connectivity index (χ3n) is 5.63. The van der Waals surface area contributed by atoms with E-state index in [0.29, 0.717) is 16.9 Å². The third-order valence-corrected chi connectivity index (χ3v) is 5.85. The Balaban J connectivity index is 1.52. The van der Waals surface area contributed by atoms with E-state index in [4.69, 9.17) is 21.9 Å². The van der Waals surface area contributed by atoms with Gasteiger partial charge in [0.25, 0.3) is 0 Å². The fourth-order valence-corrected chi connectivity index (χ4v) is 3.96. The number of nitrogens with zero attached hydrogens (tertiary/aromatic N) is 3. The van der Waals surface area contributed by atoms with Crippen LogP contribution >= 0.6 is 12.2 Å². The monoisotopic (exact) mass is 447 g/mol. The van der Waals surface area contributed by atoms with Crippen molar-refractivity contribution in [2.24, 2.45) is 5.92 Å². The second-order valence-electron chi connectivity index (χ2n) is 8.20. The van der Waals surface area contributed by atoms with Crippen LogP contribution in [0.15, 0.2) is 66.7 Å². The van der Waals surface area contributed by atoms with Crippen LogP contribution in [0.2, 0.25) is 0 Å².